The Morgan fingerprint density at radius 2 is 2.05 bits per heavy atom. The molecule has 1 saturated heterocycles. The summed E-state index contributed by atoms with van der Waals surface area (Å²) in [6.07, 6.45) is 2.16. The highest BCUT2D eigenvalue weighted by Gasteiger charge is 2.15. The van der Waals surface area contributed by atoms with E-state index < -0.39 is 0 Å². The molecule has 1 atom stereocenters. The lowest BCUT2D eigenvalue weighted by molar-refractivity contribution is 0.0875. The number of nitrogen functional groups attached to an aromatic ring is 1. The molecule has 104 valence electrons. The standard InChI is InChI=1S/C15H18N4O/c16-13-9-14(17-12-7-4-8-20-10-12)19-15(18-13)11-5-2-1-3-6-11/h1-3,5-6,9,12H,4,7-8,10H2,(H3,16,17,18,19). The van der Waals surface area contributed by atoms with Crippen molar-refractivity contribution in [2.45, 2.75) is 18.9 Å². The molecule has 0 bridgehead atoms. The number of nitrogens with two attached hydrogens (primary N) is 1. The zero-order valence-corrected chi connectivity index (χ0v) is 11.2. The summed E-state index contributed by atoms with van der Waals surface area (Å²) in [5.41, 5.74) is 6.84. The van der Waals surface area contributed by atoms with Crippen molar-refractivity contribution in [1.82, 2.24) is 9.97 Å². The minimum absolute atomic E-state index is 0.293. The molecule has 0 amide bonds. The Bertz CT molecular complexity index is 567. The lowest BCUT2D eigenvalue weighted by Gasteiger charge is -2.23. The predicted octanol–water partition coefficient (Wildman–Crippen LogP) is 2.32. The molecule has 5 heteroatoms. The van der Waals surface area contributed by atoms with Crippen LogP contribution < -0.4 is 11.1 Å². The first-order chi connectivity index (χ1) is 9.81. The zero-order valence-electron chi connectivity index (χ0n) is 11.2. The topological polar surface area (TPSA) is 73.1 Å². The largest absolute Gasteiger partial charge is 0.384 e. The van der Waals surface area contributed by atoms with Crippen LogP contribution in [0.2, 0.25) is 0 Å². The summed E-state index contributed by atoms with van der Waals surface area (Å²) in [5, 5.41) is 3.38. The van der Waals surface area contributed by atoms with E-state index in [1.165, 1.54) is 0 Å². The van der Waals surface area contributed by atoms with E-state index in [4.69, 9.17) is 10.5 Å². The van der Waals surface area contributed by atoms with Crippen molar-refractivity contribution in [3.05, 3.63) is 36.4 Å². The van der Waals surface area contributed by atoms with Crippen LogP contribution in [0.25, 0.3) is 11.4 Å². The Hall–Kier alpha value is -2.14. The van der Waals surface area contributed by atoms with Crippen molar-refractivity contribution in [2.75, 3.05) is 24.3 Å². The molecule has 0 radical (unpaired) electrons. The van der Waals surface area contributed by atoms with Crippen LogP contribution in [0.15, 0.2) is 36.4 Å². The summed E-state index contributed by atoms with van der Waals surface area (Å²) in [4.78, 5) is 8.83. The zero-order chi connectivity index (χ0) is 13.8. The maximum Gasteiger partial charge on any atom is 0.163 e. The normalized spacial score (nSPS) is 18.7. The molecule has 1 aromatic heterocycles. The first-order valence-corrected chi connectivity index (χ1v) is 6.85. The number of ether oxygens (including phenoxy) is 1. The highest BCUT2D eigenvalue weighted by molar-refractivity contribution is 5.60. The van der Waals surface area contributed by atoms with Gasteiger partial charge in [0.25, 0.3) is 0 Å². The fraction of sp³-hybridized carbons (Fsp3) is 0.333. The molecule has 5 nitrogen and oxygen atoms in total. The lowest BCUT2D eigenvalue weighted by atomic mass is 10.1. The van der Waals surface area contributed by atoms with Gasteiger partial charge in [-0.3, -0.25) is 0 Å². The summed E-state index contributed by atoms with van der Waals surface area (Å²) in [7, 11) is 0. The number of hydrogen-bond donors (Lipinski definition) is 2. The SMILES string of the molecule is Nc1cc(NC2CCCOC2)nc(-c2ccccc2)n1. The molecule has 1 fully saturated rings. The molecule has 20 heavy (non-hydrogen) atoms. The molecule has 0 saturated carbocycles. The van der Waals surface area contributed by atoms with Crippen LogP contribution in [0.4, 0.5) is 11.6 Å². The monoisotopic (exact) mass is 270 g/mol. The third-order valence-electron chi connectivity index (χ3n) is 3.29. The quantitative estimate of drug-likeness (QED) is 0.895. The highest BCUT2D eigenvalue weighted by atomic mass is 16.5. The number of nitrogens with one attached hydrogen (secondary N) is 1. The van der Waals surface area contributed by atoms with Gasteiger partial charge >= 0.3 is 0 Å². The molecular formula is C15H18N4O. The van der Waals surface area contributed by atoms with E-state index in [-0.39, 0.29) is 0 Å². The van der Waals surface area contributed by atoms with E-state index in [0.717, 1.165) is 30.8 Å². The van der Waals surface area contributed by atoms with Gasteiger partial charge in [0.05, 0.1) is 12.6 Å². The van der Waals surface area contributed by atoms with E-state index in [1.54, 1.807) is 6.07 Å². The van der Waals surface area contributed by atoms with Crippen LogP contribution in [0.1, 0.15) is 12.8 Å². The maximum atomic E-state index is 5.88. The number of anilines is 2. The summed E-state index contributed by atoms with van der Waals surface area (Å²) in [6.45, 7) is 1.56. The average molecular weight is 270 g/mol. The summed E-state index contributed by atoms with van der Waals surface area (Å²) < 4.78 is 5.46. The van der Waals surface area contributed by atoms with E-state index in [2.05, 4.69) is 15.3 Å². The van der Waals surface area contributed by atoms with Gasteiger partial charge in [-0.15, -0.1) is 0 Å². The second kappa shape index (κ2) is 5.88. The first-order valence-electron chi connectivity index (χ1n) is 6.85. The number of benzene rings is 1. The minimum Gasteiger partial charge on any atom is -0.384 e. The Kier molecular flexibility index (Phi) is 3.78. The van der Waals surface area contributed by atoms with Crippen molar-refractivity contribution in [3.8, 4) is 11.4 Å². The highest BCUT2D eigenvalue weighted by Crippen LogP contribution is 2.20. The Morgan fingerprint density at radius 1 is 1.20 bits per heavy atom. The molecule has 0 aliphatic carbocycles. The van der Waals surface area contributed by atoms with Gasteiger partial charge in [0.15, 0.2) is 5.82 Å². The lowest BCUT2D eigenvalue weighted by Crippen LogP contribution is -2.30. The minimum atomic E-state index is 0.293. The van der Waals surface area contributed by atoms with Gasteiger partial charge in [0.1, 0.15) is 11.6 Å². The van der Waals surface area contributed by atoms with Crippen LogP contribution in [-0.2, 0) is 4.74 Å². The molecule has 1 aromatic carbocycles. The molecular weight excluding hydrogens is 252 g/mol. The summed E-state index contributed by atoms with van der Waals surface area (Å²) in [5.74, 6) is 1.87. The van der Waals surface area contributed by atoms with Gasteiger partial charge < -0.3 is 15.8 Å². The van der Waals surface area contributed by atoms with E-state index in [0.29, 0.717) is 24.3 Å². The van der Waals surface area contributed by atoms with Gasteiger partial charge in [0.2, 0.25) is 0 Å². The van der Waals surface area contributed by atoms with Crippen molar-refractivity contribution in [1.29, 1.82) is 0 Å². The van der Waals surface area contributed by atoms with Crippen molar-refractivity contribution in [2.24, 2.45) is 0 Å². The second-order valence-electron chi connectivity index (χ2n) is 4.93. The molecule has 2 heterocycles. The fourth-order valence-electron chi connectivity index (χ4n) is 2.32. The van der Waals surface area contributed by atoms with E-state index in [1.807, 2.05) is 30.3 Å². The van der Waals surface area contributed by atoms with Crippen LogP contribution in [0.5, 0.6) is 0 Å². The van der Waals surface area contributed by atoms with Gasteiger partial charge in [0, 0.05) is 18.2 Å². The molecule has 0 spiro atoms. The number of rotatable bonds is 3. The van der Waals surface area contributed by atoms with E-state index in [9.17, 15) is 0 Å². The van der Waals surface area contributed by atoms with Gasteiger partial charge in [-0.2, -0.15) is 0 Å². The van der Waals surface area contributed by atoms with Gasteiger partial charge in [-0.1, -0.05) is 30.3 Å². The van der Waals surface area contributed by atoms with Crippen LogP contribution >= 0.6 is 0 Å². The Labute approximate surface area is 118 Å². The first kappa shape index (κ1) is 12.9. The van der Waals surface area contributed by atoms with Gasteiger partial charge in [-0.05, 0) is 12.8 Å². The Balaban J connectivity index is 1.83. The molecule has 3 rings (SSSR count). The molecule has 1 unspecified atom stereocenters. The number of hydrogen-bond acceptors (Lipinski definition) is 5. The Morgan fingerprint density at radius 3 is 2.80 bits per heavy atom. The molecule has 1 aliphatic rings. The second-order valence-corrected chi connectivity index (χ2v) is 4.93. The fourth-order valence-corrected chi connectivity index (χ4v) is 2.32. The van der Waals surface area contributed by atoms with Crippen molar-refractivity contribution in [3.63, 3.8) is 0 Å². The van der Waals surface area contributed by atoms with Crippen LogP contribution in [0.3, 0.4) is 0 Å². The predicted molar refractivity (Wildman–Crippen MR) is 79.3 cm³/mol. The maximum absolute atomic E-state index is 5.88. The number of aromatic nitrogens is 2. The molecule has 1 aliphatic heterocycles. The third-order valence-corrected chi connectivity index (χ3v) is 3.29. The summed E-state index contributed by atoms with van der Waals surface area (Å²) >= 11 is 0. The van der Waals surface area contributed by atoms with Crippen LogP contribution in [-0.4, -0.2) is 29.2 Å². The molecule has 2 aromatic rings. The van der Waals surface area contributed by atoms with E-state index >= 15 is 0 Å². The molecule has 3 N–H and O–H groups in total. The third kappa shape index (κ3) is 3.05. The smallest absolute Gasteiger partial charge is 0.163 e. The average Bonchev–Trinajstić information content (AvgIpc) is 2.49. The van der Waals surface area contributed by atoms with Crippen molar-refractivity contribution >= 4 is 11.6 Å². The van der Waals surface area contributed by atoms with Crippen LogP contribution in [0, 0.1) is 0 Å². The van der Waals surface area contributed by atoms with Crippen molar-refractivity contribution < 1.29 is 4.74 Å². The summed E-state index contributed by atoms with van der Waals surface area (Å²) in [6, 6.07) is 11.9. The van der Waals surface area contributed by atoms with Gasteiger partial charge in [-0.25, -0.2) is 9.97 Å². The number of nitrogens with zero attached hydrogens (tertiary/aromatic N) is 2.